The summed E-state index contributed by atoms with van der Waals surface area (Å²) in [5.41, 5.74) is 12.4. The highest BCUT2D eigenvalue weighted by Gasteiger charge is 2.09. The second-order valence-electron chi connectivity index (χ2n) is 4.97. The third-order valence-corrected chi connectivity index (χ3v) is 3.68. The molecule has 21 heavy (non-hydrogen) atoms. The first-order chi connectivity index (χ1) is 10.2. The molecule has 0 aromatic carbocycles. The van der Waals surface area contributed by atoms with Crippen molar-refractivity contribution >= 4 is 33.3 Å². The van der Waals surface area contributed by atoms with E-state index in [9.17, 15) is 0 Å². The van der Waals surface area contributed by atoms with Crippen LogP contribution in [0.25, 0.3) is 21.8 Å². The van der Waals surface area contributed by atoms with Crippen molar-refractivity contribution < 1.29 is 0 Å². The van der Waals surface area contributed by atoms with Gasteiger partial charge in [0.2, 0.25) is 0 Å². The average Bonchev–Trinajstić information content (AvgIpc) is 3.04. The van der Waals surface area contributed by atoms with Crippen molar-refractivity contribution in [1.29, 1.82) is 0 Å². The molecule has 3 N–H and O–H groups in total. The van der Waals surface area contributed by atoms with E-state index in [2.05, 4.69) is 20.0 Å². The van der Waals surface area contributed by atoms with E-state index >= 15 is 0 Å². The maximum atomic E-state index is 5.89. The summed E-state index contributed by atoms with van der Waals surface area (Å²) in [7, 11) is 2.02. The maximum absolute atomic E-state index is 5.89. The number of pyridine rings is 2. The summed E-state index contributed by atoms with van der Waals surface area (Å²) in [5.74, 6) is 0.535. The molecule has 0 radical (unpaired) electrons. The molecule has 0 fully saturated rings. The van der Waals surface area contributed by atoms with E-state index in [4.69, 9.17) is 5.73 Å². The Labute approximate surface area is 120 Å². The molecule has 0 aliphatic heterocycles. The average molecular weight is 278 g/mol. The van der Waals surface area contributed by atoms with Crippen LogP contribution in [0.2, 0.25) is 0 Å². The van der Waals surface area contributed by atoms with E-state index in [1.807, 2.05) is 48.5 Å². The molecule has 6 nitrogen and oxygen atoms in total. The van der Waals surface area contributed by atoms with Gasteiger partial charge in [-0.1, -0.05) is 0 Å². The largest absolute Gasteiger partial charge is 0.383 e. The molecular formula is C15H14N6. The second kappa shape index (κ2) is 4.24. The molecule has 0 saturated carbocycles. The highest BCUT2D eigenvalue weighted by Crippen LogP contribution is 2.26. The van der Waals surface area contributed by atoms with E-state index < -0.39 is 0 Å². The number of aromatic nitrogens is 4. The number of anilines is 2. The summed E-state index contributed by atoms with van der Waals surface area (Å²) in [6.07, 6.45) is 9.35. The monoisotopic (exact) mass is 278 g/mol. The van der Waals surface area contributed by atoms with Gasteiger partial charge in [-0.05, 0) is 18.2 Å². The van der Waals surface area contributed by atoms with E-state index in [0.717, 1.165) is 27.5 Å². The minimum atomic E-state index is 0.535. The molecule has 0 aliphatic carbocycles. The van der Waals surface area contributed by atoms with Gasteiger partial charge in [-0.2, -0.15) is 0 Å². The molecule has 4 aromatic rings. The molecule has 0 amide bonds. The lowest BCUT2D eigenvalue weighted by molar-refractivity contribution is 0.956. The predicted octanol–water partition coefficient (Wildman–Crippen LogP) is 2.38. The number of nitrogens with two attached hydrogens (primary N) is 1. The highest BCUT2D eigenvalue weighted by molar-refractivity contribution is 5.93. The van der Waals surface area contributed by atoms with Crippen molar-refractivity contribution in [1.82, 2.24) is 19.2 Å². The first-order valence-corrected chi connectivity index (χ1v) is 6.61. The van der Waals surface area contributed by atoms with Crippen molar-refractivity contribution in [2.75, 3.05) is 11.2 Å². The highest BCUT2D eigenvalue weighted by atomic mass is 15.4. The zero-order valence-corrected chi connectivity index (χ0v) is 11.5. The number of nitrogens with one attached hydrogen (secondary N) is 1. The van der Waals surface area contributed by atoms with Crippen molar-refractivity contribution in [3.05, 3.63) is 49.2 Å². The molecule has 4 rings (SSSR count). The van der Waals surface area contributed by atoms with E-state index in [0.29, 0.717) is 5.82 Å². The number of fused-ring (bicyclic) bond motifs is 2. The lowest BCUT2D eigenvalue weighted by Gasteiger charge is -2.08. The standard InChI is InChI=1S/C15H14N6/c1-20-9-12(11-8-17-5-2-13(11)20)19-21-7-4-10-14(21)3-6-18-15(10)16/h2-9,19H,1H3,(H2,16,18). The normalized spacial score (nSPS) is 11.3. The summed E-state index contributed by atoms with van der Waals surface area (Å²) in [6, 6.07) is 5.88. The van der Waals surface area contributed by atoms with Crippen LogP contribution in [-0.2, 0) is 7.05 Å². The van der Waals surface area contributed by atoms with Crippen LogP contribution in [0.1, 0.15) is 0 Å². The van der Waals surface area contributed by atoms with Gasteiger partial charge >= 0.3 is 0 Å². The fourth-order valence-corrected chi connectivity index (χ4v) is 2.64. The molecule has 0 aliphatic rings. The van der Waals surface area contributed by atoms with E-state index in [-0.39, 0.29) is 0 Å². The van der Waals surface area contributed by atoms with Crippen LogP contribution in [0.4, 0.5) is 11.5 Å². The molecule has 6 heteroatoms. The minimum absolute atomic E-state index is 0.535. The smallest absolute Gasteiger partial charge is 0.132 e. The topological polar surface area (TPSA) is 73.7 Å². The molecule has 4 aromatic heterocycles. The fourth-order valence-electron chi connectivity index (χ4n) is 2.64. The van der Waals surface area contributed by atoms with Gasteiger partial charge in [-0.15, -0.1) is 0 Å². The summed E-state index contributed by atoms with van der Waals surface area (Å²) >= 11 is 0. The Balaban J connectivity index is 1.85. The van der Waals surface area contributed by atoms with Crippen LogP contribution in [0, 0.1) is 0 Å². The zero-order chi connectivity index (χ0) is 14.4. The third-order valence-electron chi connectivity index (χ3n) is 3.68. The van der Waals surface area contributed by atoms with Crippen LogP contribution in [-0.4, -0.2) is 19.2 Å². The Morgan fingerprint density at radius 1 is 1.10 bits per heavy atom. The first kappa shape index (κ1) is 11.8. The SMILES string of the molecule is Cn1cc(Nn2ccc3c(N)nccc32)c2cnccc21. The molecule has 104 valence electrons. The number of rotatable bonds is 2. The van der Waals surface area contributed by atoms with Crippen LogP contribution < -0.4 is 11.2 Å². The number of aryl methyl sites for hydroxylation is 1. The number of nitrogen functional groups attached to an aromatic ring is 1. The fraction of sp³-hybridized carbons (Fsp3) is 0.0667. The first-order valence-electron chi connectivity index (χ1n) is 6.61. The van der Waals surface area contributed by atoms with Crippen LogP contribution in [0.5, 0.6) is 0 Å². The third kappa shape index (κ3) is 1.73. The van der Waals surface area contributed by atoms with Gasteiger partial charge in [0.05, 0.1) is 16.7 Å². The van der Waals surface area contributed by atoms with Gasteiger partial charge in [-0.25, -0.2) is 4.98 Å². The Morgan fingerprint density at radius 3 is 2.86 bits per heavy atom. The summed E-state index contributed by atoms with van der Waals surface area (Å²) in [4.78, 5) is 8.30. The molecule has 0 bridgehead atoms. The number of hydrogen-bond donors (Lipinski definition) is 2. The molecule has 0 atom stereocenters. The molecule has 0 unspecified atom stereocenters. The summed E-state index contributed by atoms with van der Waals surface area (Å²) < 4.78 is 4.01. The maximum Gasteiger partial charge on any atom is 0.132 e. The van der Waals surface area contributed by atoms with Gasteiger partial charge < -0.3 is 10.3 Å². The Bertz CT molecular complexity index is 949. The van der Waals surface area contributed by atoms with Gasteiger partial charge in [0, 0.05) is 48.8 Å². The van der Waals surface area contributed by atoms with Crippen LogP contribution in [0.3, 0.4) is 0 Å². The summed E-state index contributed by atoms with van der Waals surface area (Å²) in [6.45, 7) is 0. The van der Waals surface area contributed by atoms with Crippen LogP contribution in [0.15, 0.2) is 49.2 Å². The van der Waals surface area contributed by atoms with Crippen molar-refractivity contribution in [3.63, 3.8) is 0 Å². The Kier molecular flexibility index (Phi) is 2.38. The lowest BCUT2D eigenvalue weighted by Crippen LogP contribution is -2.07. The second-order valence-corrected chi connectivity index (χ2v) is 4.97. The van der Waals surface area contributed by atoms with Crippen LogP contribution >= 0.6 is 0 Å². The van der Waals surface area contributed by atoms with E-state index in [1.54, 1.807) is 12.4 Å². The Hall–Kier alpha value is -3.02. The molecule has 0 saturated heterocycles. The van der Waals surface area contributed by atoms with Crippen molar-refractivity contribution in [3.8, 4) is 0 Å². The van der Waals surface area contributed by atoms with Gasteiger partial charge in [-0.3, -0.25) is 15.1 Å². The number of hydrogen-bond acceptors (Lipinski definition) is 4. The molecule has 0 spiro atoms. The number of nitrogens with zero attached hydrogens (tertiary/aromatic N) is 4. The van der Waals surface area contributed by atoms with Gasteiger partial charge in [0.15, 0.2) is 0 Å². The quantitative estimate of drug-likeness (QED) is 0.590. The predicted molar refractivity (Wildman–Crippen MR) is 83.9 cm³/mol. The summed E-state index contributed by atoms with van der Waals surface area (Å²) in [5, 5.41) is 2.01. The van der Waals surface area contributed by atoms with Crippen molar-refractivity contribution in [2.45, 2.75) is 0 Å². The minimum Gasteiger partial charge on any atom is -0.383 e. The molecular weight excluding hydrogens is 264 g/mol. The Morgan fingerprint density at radius 2 is 1.95 bits per heavy atom. The van der Waals surface area contributed by atoms with Gasteiger partial charge in [0.25, 0.3) is 0 Å². The lowest BCUT2D eigenvalue weighted by atomic mass is 10.3. The van der Waals surface area contributed by atoms with Gasteiger partial charge in [0.1, 0.15) is 5.82 Å². The molecule has 4 heterocycles. The van der Waals surface area contributed by atoms with Crippen molar-refractivity contribution in [2.24, 2.45) is 7.05 Å². The zero-order valence-electron chi connectivity index (χ0n) is 11.5. The van der Waals surface area contributed by atoms with E-state index in [1.165, 1.54) is 0 Å².